The lowest BCUT2D eigenvalue weighted by Gasteiger charge is -2.04. The van der Waals surface area contributed by atoms with Crippen molar-refractivity contribution < 1.29 is 0 Å². The molecule has 2 unspecified atom stereocenters. The molecule has 2 N–H and O–H groups in total. The summed E-state index contributed by atoms with van der Waals surface area (Å²) in [6.07, 6.45) is 8.87. The average molecular weight is 208 g/mol. The number of nitrogens with one attached hydrogen (secondary N) is 2. The largest absolute Gasteiger partial charge is 0.315 e. The zero-order chi connectivity index (χ0) is 10.1. The third-order valence-electron chi connectivity index (χ3n) is 4.53. The van der Waals surface area contributed by atoms with Crippen molar-refractivity contribution in [3.8, 4) is 0 Å². The number of hydrogen-bond donors (Lipinski definition) is 2. The number of fused-ring (bicyclic) bond motifs is 1. The molecule has 0 spiro atoms. The zero-order valence-corrected chi connectivity index (χ0v) is 9.67. The van der Waals surface area contributed by atoms with E-state index in [2.05, 4.69) is 10.6 Å². The summed E-state index contributed by atoms with van der Waals surface area (Å²) in [7, 11) is 0. The van der Waals surface area contributed by atoms with Gasteiger partial charge >= 0.3 is 0 Å². The second kappa shape index (κ2) is 4.42. The van der Waals surface area contributed by atoms with Crippen LogP contribution in [0.1, 0.15) is 38.5 Å². The van der Waals surface area contributed by atoms with Crippen LogP contribution in [0.3, 0.4) is 0 Å². The van der Waals surface area contributed by atoms with Crippen molar-refractivity contribution in [1.29, 1.82) is 0 Å². The van der Waals surface area contributed by atoms with E-state index < -0.39 is 0 Å². The van der Waals surface area contributed by atoms with Crippen molar-refractivity contribution in [1.82, 2.24) is 10.6 Å². The highest BCUT2D eigenvalue weighted by atomic mass is 15.0. The Morgan fingerprint density at radius 2 is 1.60 bits per heavy atom. The Bertz CT molecular complexity index is 201. The third kappa shape index (κ3) is 2.54. The quantitative estimate of drug-likeness (QED) is 0.650. The summed E-state index contributed by atoms with van der Waals surface area (Å²) in [5.74, 6) is 3.28. The molecule has 0 heterocycles. The van der Waals surface area contributed by atoms with Gasteiger partial charge in [-0.15, -0.1) is 0 Å². The molecule has 0 radical (unpaired) electrons. The van der Waals surface area contributed by atoms with Crippen LogP contribution >= 0.6 is 0 Å². The first kappa shape index (κ1) is 10.1. The Labute approximate surface area is 93.2 Å². The molecule has 3 fully saturated rings. The molecule has 0 aromatic carbocycles. The minimum Gasteiger partial charge on any atom is -0.315 e. The Hall–Kier alpha value is -0.0800. The standard InChI is InChI=1S/C13H24N2/c1-2-4-12-11(3-1)13(12)9-14-7-8-15-10-5-6-10/h10-15H,1-9H2. The molecule has 0 aromatic heterocycles. The zero-order valence-electron chi connectivity index (χ0n) is 9.67. The predicted octanol–water partition coefficient (Wildman–Crippen LogP) is 1.76. The normalized spacial score (nSPS) is 38.8. The maximum absolute atomic E-state index is 3.62. The van der Waals surface area contributed by atoms with Gasteiger partial charge in [0, 0.05) is 19.1 Å². The van der Waals surface area contributed by atoms with Gasteiger partial charge in [-0.3, -0.25) is 0 Å². The van der Waals surface area contributed by atoms with E-state index in [0.717, 1.165) is 23.8 Å². The lowest BCUT2D eigenvalue weighted by atomic mass is 10.0. The topological polar surface area (TPSA) is 24.1 Å². The van der Waals surface area contributed by atoms with Crippen molar-refractivity contribution in [3.05, 3.63) is 0 Å². The molecule has 0 aromatic rings. The number of rotatable bonds is 6. The molecular formula is C13H24N2. The third-order valence-corrected chi connectivity index (χ3v) is 4.53. The summed E-state index contributed by atoms with van der Waals surface area (Å²) >= 11 is 0. The molecule has 3 rings (SSSR count). The van der Waals surface area contributed by atoms with Crippen molar-refractivity contribution >= 4 is 0 Å². The Balaban J connectivity index is 1.24. The fourth-order valence-corrected chi connectivity index (χ4v) is 3.36. The highest BCUT2D eigenvalue weighted by Crippen LogP contribution is 2.54. The number of hydrogen-bond acceptors (Lipinski definition) is 2. The highest BCUT2D eigenvalue weighted by Gasteiger charge is 2.49. The lowest BCUT2D eigenvalue weighted by molar-refractivity contribution is 0.480. The van der Waals surface area contributed by atoms with Crippen LogP contribution < -0.4 is 10.6 Å². The van der Waals surface area contributed by atoms with Crippen LogP contribution in [0.4, 0.5) is 0 Å². The smallest absolute Gasteiger partial charge is 0.00793 e. The van der Waals surface area contributed by atoms with Gasteiger partial charge in [0.2, 0.25) is 0 Å². The van der Waals surface area contributed by atoms with Crippen molar-refractivity contribution in [2.24, 2.45) is 17.8 Å². The van der Waals surface area contributed by atoms with Gasteiger partial charge in [0.05, 0.1) is 0 Å². The molecule has 0 bridgehead atoms. The Morgan fingerprint density at radius 3 is 2.27 bits per heavy atom. The molecule has 3 aliphatic rings. The van der Waals surface area contributed by atoms with Crippen LogP contribution in [0.25, 0.3) is 0 Å². The van der Waals surface area contributed by atoms with Gasteiger partial charge in [0.15, 0.2) is 0 Å². The second-order valence-corrected chi connectivity index (χ2v) is 5.71. The molecule has 15 heavy (non-hydrogen) atoms. The van der Waals surface area contributed by atoms with E-state index in [1.54, 1.807) is 0 Å². The molecule has 2 atom stereocenters. The molecule has 3 aliphatic carbocycles. The molecule has 0 saturated heterocycles. The minimum absolute atomic E-state index is 0.871. The molecule has 86 valence electrons. The van der Waals surface area contributed by atoms with Crippen LogP contribution in [-0.2, 0) is 0 Å². The molecular weight excluding hydrogens is 184 g/mol. The van der Waals surface area contributed by atoms with Crippen LogP contribution in [0.2, 0.25) is 0 Å². The molecule has 0 aliphatic heterocycles. The summed E-state index contributed by atoms with van der Waals surface area (Å²) in [6, 6.07) is 0.871. The summed E-state index contributed by atoms with van der Waals surface area (Å²) in [4.78, 5) is 0. The van der Waals surface area contributed by atoms with E-state index in [-0.39, 0.29) is 0 Å². The summed E-state index contributed by atoms with van der Waals surface area (Å²) < 4.78 is 0. The average Bonchev–Trinajstić information content (AvgIpc) is 3.13. The van der Waals surface area contributed by atoms with Crippen molar-refractivity contribution in [2.75, 3.05) is 19.6 Å². The van der Waals surface area contributed by atoms with Gasteiger partial charge in [0.25, 0.3) is 0 Å². The van der Waals surface area contributed by atoms with Gasteiger partial charge in [-0.1, -0.05) is 12.8 Å². The SMILES string of the molecule is C1CCC2C(C1)C2CNCCNC1CC1. The van der Waals surface area contributed by atoms with E-state index in [9.17, 15) is 0 Å². The van der Waals surface area contributed by atoms with Gasteiger partial charge in [-0.25, -0.2) is 0 Å². The van der Waals surface area contributed by atoms with E-state index in [1.165, 1.54) is 58.2 Å². The van der Waals surface area contributed by atoms with Gasteiger partial charge in [-0.05, 0) is 50.0 Å². The highest BCUT2D eigenvalue weighted by molar-refractivity contribution is 4.99. The van der Waals surface area contributed by atoms with Gasteiger partial charge in [-0.2, -0.15) is 0 Å². The van der Waals surface area contributed by atoms with E-state index in [1.807, 2.05) is 0 Å². The summed E-state index contributed by atoms with van der Waals surface area (Å²) in [6.45, 7) is 3.64. The van der Waals surface area contributed by atoms with Gasteiger partial charge < -0.3 is 10.6 Å². The monoisotopic (exact) mass is 208 g/mol. The molecule has 0 amide bonds. The predicted molar refractivity (Wildman–Crippen MR) is 62.8 cm³/mol. The Kier molecular flexibility index (Phi) is 2.98. The van der Waals surface area contributed by atoms with E-state index >= 15 is 0 Å². The molecule has 3 saturated carbocycles. The van der Waals surface area contributed by atoms with E-state index in [0.29, 0.717) is 0 Å². The maximum Gasteiger partial charge on any atom is 0.00793 e. The fraction of sp³-hybridized carbons (Fsp3) is 1.00. The van der Waals surface area contributed by atoms with Crippen LogP contribution in [0, 0.1) is 17.8 Å². The molecule has 2 heteroatoms. The Morgan fingerprint density at radius 1 is 0.867 bits per heavy atom. The first-order valence-corrected chi connectivity index (χ1v) is 6.89. The van der Waals surface area contributed by atoms with Crippen molar-refractivity contribution in [3.63, 3.8) is 0 Å². The first-order chi connectivity index (χ1) is 7.45. The lowest BCUT2D eigenvalue weighted by Crippen LogP contribution is -2.30. The second-order valence-electron chi connectivity index (χ2n) is 5.71. The van der Waals surface area contributed by atoms with Gasteiger partial charge in [0.1, 0.15) is 0 Å². The first-order valence-electron chi connectivity index (χ1n) is 6.89. The summed E-state index contributed by atoms with van der Waals surface area (Å²) in [5.41, 5.74) is 0. The van der Waals surface area contributed by atoms with E-state index in [4.69, 9.17) is 0 Å². The van der Waals surface area contributed by atoms with Crippen LogP contribution in [-0.4, -0.2) is 25.7 Å². The fourth-order valence-electron chi connectivity index (χ4n) is 3.36. The van der Waals surface area contributed by atoms with Crippen molar-refractivity contribution in [2.45, 2.75) is 44.6 Å². The summed E-state index contributed by atoms with van der Waals surface area (Å²) in [5, 5.41) is 7.18. The molecule has 2 nitrogen and oxygen atoms in total. The maximum atomic E-state index is 3.62. The van der Waals surface area contributed by atoms with Crippen LogP contribution in [0.15, 0.2) is 0 Å². The minimum atomic E-state index is 0.871. The van der Waals surface area contributed by atoms with Crippen LogP contribution in [0.5, 0.6) is 0 Å².